The van der Waals surface area contributed by atoms with Crippen molar-refractivity contribution in [1.82, 2.24) is 5.32 Å². The molecule has 1 heterocycles. The molecule has 0 bridgehead atoms. The summed E-state index contributed by atoms with van der Waals surface area (Å²) in [5, 5.41) is 3.18. The van der Waals surface area contributed by atoms with E-state index in [-0.39, 0.29) is 6.10 Å². The number of hydrogen-bond acceptors (Lipinski definition) is 3. The number of nitrogens with one attached hydrogen (secondary N) is 1. The van der Waals surface area contributed by atoms with Gasteiger partial charge in [-0.15, -0.1) is 6.42 Å². The average Bonchev–Trinajstić information content (AvgIpc) is 2.69. The zero-order chi connectivity index (χ0) is 13.0. The fourth-order valence-corrected chi connectivity index (χ4v) is 2.18. The predicted octanol–water partition coefficient (Wildman–Crippen LogP) is 2.13. The van der Waals surface area contributed by atoms with Crippen LogP contribution in [-0.4, -0.2) is 19.3 Å². The van der Waals surface area contributed by atoms with Gasteiger partial charge in [0.15, 0.2) is 0 Å². The van der Waals surface area contributed by atoms with Gasteiger partial charge >= 0.3 is 0 Å². The summed E-state index contributed by atoms with van der Waals surface area (Å²) in [7, 11) is 0. The van der Waals surface area contributed by atoms with E-state index in [1.54, 1.807) is 0 Å². The summed E-state index contributed by atoms with van der Waals surface area (Å²) >= 11 is 0. The molecule has 1 N–H and O–H groups in total. The second-order valence-corrected chi connectivity index (χ2v) is 4.44. The van der Waals surface area contributed by atoms with Crippen LogP contribution in [0, 0.1) is 12.3 Å². The highest BCUT2D eigenvalue weighted by atomic mass is 16.5. The molecule has 96 valence electrons. The van der Waals surface area contributed by atoms with Gasteiger partial charge in [-0.1, -0.05) is 5.92 Å². The van der Waals surface area contributed by atoms with Crippen LogP contribution in [0.3, 0.4) is 0 Å². The van der Waals surface area contributed by atoms with Crippen LogP contribution in [-0.2, 0) is 13.0 Å². The van der Waals surface area contributed by atoms with Gasteiger partial charge in [0.05, 0.1) is 13.2 Å². The molecule has 0 fully saturated rings. The van der Waals surface area contributed by atoms with E-state index in [4.69, 9.17) is 15.9 Å². The predicted molar refractivity (Wildman–Crippen MR) is 71.9 cm³/mol. The summed E-state index contributed by atoms with van der Waals surface area (Å²) in [6, 6.07) is 4.16. The van der Waals surface area contributed by atoms with Gasteiger partial charge in [0, 0.05) is 24.1 Å². The summed E-state index contributed by atoms with van der Waals surface area (Å²) in [6.45, 7) is 5.99. The highest BCUT2D eigenvalue weighted by Crippen LogP contribution is 2.35. The maximum Gasteiger partial charge on any atom is 0.124 e. The fourth-order valence-electron chi connectivity index (χ4n) is 2.18. The molecule has 0 aromatic heterocycles. The van der Waals surface area contributed by atoms with Crippen LogP contribution in [0.25, 0.3) is 0 Å². The van der Waals surface area contributed by atoms with Crippen molar-refractivity contribution in [3.8, 4) is 23.8 Å². The van der Waals surface area contributed by atoms with E-state index in [1.165, 1.54) is 5.56 Å². The number of ether oxygens (including phenoxy) is 2. The Balaban J connectivity index is 2.21. The average molecular weight is 245 g/mol. The number of rotatable bonds is 5. The van der Waals surface area contributed by atoms with E-state index >= 15 is 0 Å². The number of terminal acetylenes is 1. The number of benzene rings is 1. The van der Waals surface area contributed by atoms with E-state index in [0.29, 0.717) is 19.7 Å². The SMILES string of the molecule is C#CCNCc1cc2c(cc1OCC)CC(C)O2. The van der Waals surface area contributed by atoms with Crippen LogP contribution in [0.2, 0.25) is 0 Å². The van der Waals surface area contributed by atoms with Gasteiger partial charge in [0.25, 0.3) is 0 Å². The van der Waals surface area contributed by atoms with E-state index < -0.39 is 0 Å². The first-order valence-electron chi connectivity index (χ1n) is 6.34. The van der Waals surface area contributed by atoms with Crippen molar-refractivity contribution < 1.29 is 9.47 Å². The minimum atomic E-state index is 0.253. The molecule has 1 unspecified atom stereocenters. The Morgan fingerprint density at radius 2 is 2.39 bits per heavy atom. The second-order valence-electron chi connectivity index (χ2n) is 4.44. The fraction of sp³-hybridized carbons (Fsp3) is 0.467. The Morgan fingerprint density at radius 3 is 3.11 bits per heavy atom. The van der Waals surface area contributed by atoms with Crippen molar-refractivity contribution in [3.63, 3.8) is 0 Å². The highest BCUT2D eigenvalue weighted by Gasteiger charge is 2.21. The molecular formula is C15H19NO2. The zero-order valence-electron chi connectivity index (χ0n) is 11.0. The lowest BCUT2D eigenvalue weighted by atomic mass is 10.1. The van der Waals surface area contributed by atoms with Crippen LogP contribution in [0.4, 0.5) is 0 Å². The summed E-state index contributed by atoms with van der Waals surface area (Å²) in [5.74, 6) is 4.47. The largest absolute Gasteiger partial charge is 0.494 e. The van der Waals surface area contributed by atoms with Gasteiger partial charge in [0.2, 0.25) is 0 Å². The lowest BCUT2D eigenvalue weighted by Crippen LogP contribution is -2.14. The first kappa shape index (κ1) is 12.8. The topological polar surface area (TPSA) is 30.5 Å². The highest BCUT2D eigenvalue weighted by molar-refractivity contribution is 5.48. The Bertz CT molecular complexity index is 462. The van der Waals surface area contributed by atoms with Crippen LogP contribution in [0.5, 0.6) is 11.5 Å². The van der Waals surface area contributed by atoms with E-state index in [1.807, 2.05) is 6.92 Å². The molecule has 0 saturated carbocycles. The van der Waals surface area contributed by atoms with Crippen molar-refractivity contribution in [2.75, 3.05) is 13.2 Å². The summed E-state index contributed by atoms with van der Waals surface area (Å²) in [5.41, 5.74) is 2.33. The molecule has 1 aromatic rings. The van der Waals surface area contributed by atoms with E-state index in [2.05, 4.69) is 30.3 Å². The standard InChI is InChI=1S/C15H19NO2/c1-4-6-16-10-13-9-15-12(7-11(3)18-15)8-14(13)17-5-2/h1,8-9,11,16H,5-7,10H2,2-3H3. The normalized spacial score (nSPS) is 16.8. The lowest BCUT2D eigenvalue weighted by molar-refractivity contribution is 0.254. The minimum absolute atomic E-state index is 0.253. The van der Waals surface area contributed by atoms with Gasteiger partial charge in [-0.3, -0.25) is 0 Å². The molecular weight excluding hydrogens is 226 g/mol. The lowest BCUT2D eigenvalue weighted by Gasteiger charge is -2.12. The van der Waals surface area contributed by atoms with Gasteiger partial charge < -0.3 is 14.8 Å². The smallest absolute Gasteiger partial charge is 0.124 e. The Morgan fingerprint density at radius 1 is 1.56 bits per heavy atom. The van der Waals surface area contributed by atoms with Gasteiger partial charge in [0.1, 0.15) is 17.6 Å². The minimum Gasteiger partial charge on any atom is -0.494 e. The number of fused-ring (bicyclic) bond motifs is 1. The third-order valence-corrected chi connectivity index (χ3v) is 2.92. The van der Waals surface area contributed by atoms with Crippen molar-refractivity contribution >= 4 is 0 Å². The van der Waals surface area contributed by atoms with Crippen LogP contribution < -0.4 is 14.8 Å². The third-order valence-electron chi connectivity index (χ3n) is 2.92. The van der Waals surface area contributed by atoms with Crippen molar-refractivity contribution in [1.29, 1.82) is 0 Å². The molecule has 0 spiro atoms. The number of hydrogen-bond donors (Lipinski definition) is 1. The molecule has 0 radical (unpaired) electrons. The van der Waals surface area contributed by atoms with Crippen molar-refractivity contribution in [3.05, 3.63) is 23.3 Å². The molecule has 0 amide bonds. The molecule has 0 aliphatic carbocycles. The molecule has 3 nitrogen and oxygen atoms in total. The van der Waals surface area contributed by atoms with E-state index in [0.717, 1.165) is 23.5 Å². The molecule has 1 aliphatic heterocycles. The molecule has 1 aliphatic rings. The Kier molecular flexibility index (Phi) is 4.11. The van der Waals surface area contributed by atoms with Crippen molar-refractivity contribution in [2.45, 2.75) is 32.9 Å². The Hall–Kier alpha value is -1.66. The molecule has 1 aromatic carbocycles. The monoisotopic (exact) mass is 245 g/mol. The first-order valence-corrected chi connectivity index (χ1v) is 6.34. The molecule has 2 rings (SSSR count). The summed E-state index contributed by atoms with van der Waals surface area (Å²) in [6.07, 6.45) is 6.43. The zero-order valence-corrected chi connectivity index (χ0v) is 11.0. The summed E-state index contributed by atoms with van der Waals surface area (Å²) in [4.78, 5) is 0. The quantitative estimate of drug-likeness (QED) is 0.637. The maximum absolute atomic E-state index is 5.76. The van der Waals surface area contributed by atoms with Crippen LogP contribution in [0.1, 0.15) is 25.0 Å². The Labute approximate surface area is 108 Å². The molecule has 0 saturated heterocycles. The molecule has 1 atom stereocenters. The van der Waals surface area contributed by atoms with Gasteiger partial charge in [-0.2, -0.15) is 0 Å². The molecule has 18 heavy (non-hydrogen) atoms. The van der Waals surface area contributed by atoms with Crippen molar-refractivity contribution in [2.24, 2.45) is 0 Å². The summed E-state index contributed by atoms with van der Waals surface area (Å²) < 4.78 is 11.4. The van der Waals surface area contributed by atoms with Crippen LogP contribution in [0.15, 0.2) is 12.1 Å². The van der Waals surface area contributed by atoms with Gasteiger partial charge in [-0.25, -0.2) is 0 Å². The maximum atomic E-state index is 5.76. The van der Waals surface area contributed by atoms with Crippen LogP contribution >= 0.6 is 0 Å². The van der Waals surface area contributed by atoms with E-state index in [9.17, 15) is 0 Å². The second kappa shape index (κ2) is 5.79. The molecule has 3 heteroatoms. The van der Waals surface area contributed by atoms with Gasteiger partial charge in [-0.05, 0) is 26.0 Å². The third kappa shape index (κ3) is 2.77. The first-order chi connectivity index (χ1) is 8.74.